The number of fused-ring (bicyclic) bond motifs is 2. The van der Waals surface area contributed by atoms with Gasteiger partial charge in [-0.3, -0.25) is 14.6 Å². The Morgan fingerprint density at radius 3 is 2.48 bits per heavy atom. The summed E-state index contributed by atoms with van der Waals surface area (Å²) in [6.45, 7) is 1.76. The van der Waals surface area contributed by atoms with Gasteiger partial charge in [0, 0.05) is 17.8 Å². The number of amides is 1. The summed E-state index contributed by atoms with van der Waals surface area (Å²) in [7, 11) is 0. The lowest BCUT2D eigenvalue weighted by Crippen LogP contribution is -2.40. The van der Waals surface area contributed by atoms with E-state index in [4.69, 9.17) is 0 Å². The second kappa shape index (κ2) is 9.83. The molecule has 2 aliphatic rings. The number of carboxylic acid groups (broad SMARTS) is 1. The molecule has 5 aromatic rings. The van der Waals surface area contributed by atoms with Crippen molar-refractivity contribution in [2.45, 2.75) is 31.5 Å². The molecule has 0 bridgehead atoms. The van der Waals surface area contributed by atoms with Gasteiger partial charge in [-0.05, 0) is 66.3 Å². The smallest absolute Gasteiger partial charge is 0.307 e. The van der Waals surface area contributed by atoms with E-state index in [0.29, 0.717) is 40.3 Å². The van der Waals surface area contributed by atoms with Crippen molar-refractivity contribution >= 4 is 17.5 Å². The van der Waals surface area contributed by atoms with Crippen LogP contribution in [-0.2, 0) is 4.79 Å². The topological polar surface area (TPSA) is 101 Å². The first-order chi connectivity index (χ1) is 20.3. The van der Waals surface area contributed by atoms with E-state index in [0.717, 1.165) is 5.56 Å². The molecule has 10 heteroatoms. The van der Waals surface area contributed by atoms with Crippen LogP contribution >= 0.6 is 0 Å². The van der Waals surface area contributed by atoms with Crippen LogP contribution in [0.25, 0.3) is 28.3 Å². The Morgan fingerprint density at radius 1 is 0.976 bits per heavy atom. The molecule has 2 aromatic carbocycles. The number of carbonyl (C=O) groups excluding carboxylic acids is 1. The van der Waals surface area contributed by atoms with Crippen LogP contribution in [0.5, 0.6) is 0 Å². The number of halogens is 2. The molecule has 4 atom stereocenters. The Balaban J connectivity index is 1.30. The van der Waals surface area contributed by atoms with Crippen LogP contribution < -0.4 is 0 Å². The fraction of sp³-hybridized carbons (Fsp3) is 0.219. The molecule has 1 fully saturated rings. The quantitative estimate of drug-likeness (QED) is 0.280. The molecule has 8 nitrogen and oxygen atoms in total. The predicted octanol–water partition coefficient (Wildman–Crippen LogP) is 6.01. The molecule has 1 N–H and O–H groups in total. The van der Waals surface area contributed by atoms with Crippen LogP contribution in [0.2, 0.25) is 0 Å². The maximum absolute atomic E-state index is 15.3. The van der Waals surface area contributed by atoms with Gasteiger partial charge in [-0.25, -0.2) is 18.3 Å². The molecule has 1 saturated carbocycles. The molecule has 4 heterocycles. The van der Waals surface area contributed by atoms with Crippen molar-refractivity contribution < 1.29 is 23.5 Å². The van der Waals surface area contributed by atoms with Crippen molar-refractivity contribution in [3.63, 3.8) is 0 Å². The normalized spacial score (nSPS) is 21.3. The highest BCUT2D eigenvalue weighted by Gasteiger charge is 2.44. The minimum atomic E-state index is -1.32. The third kappa shape index (κ3) is 4.30. The van der Waals surface area contributed by atoms with Crippen LogP contribution in [-0.4, -0.2) is 48.0 Å². The van der Waals surface area contributed by atoms with Crippen molar-refractivity contribution in [2.24, 2.45) is 5.92 Å². The van der Waals surface area contributed by atoms with Crippen molar-refractivity contribution in [2.75, 3.05) is 6.54 Å². The summed E-state index contributed by atoms with van der Waals surface area (Å²) >= 11 is 0. The van der Waals surface area contributed by atoms with Crippen molar-refractivity contribution in [1.82, 2.24) is 24.5 Å². The van der Waals surface area contributed by atoms with E-state index in [2.05, 4.69) is 15.1 Å². The van der Waals surface area contributed by atoms with Gasteiger partial charge in [0.1, 0.15) is 17.7 Å². The number of pyridine rings is 1. The van der Waals surface area contributed by atoms with Gasteiger partial charge in [-0.15, -0.1) is 0 Å². The zero-order valence-electron chi connectivity index (χ0n) is 22.5. The number of aromatic nitrogens is 4. The molecule has 1 amide bonds. The highest BCUT2D eigenvalue weighted by molar-refractivity contribution is 5.94. The molecule has 210 valence electrons. The van der Waals surface area contributed by atoms with E-state index in [1.165, 1.54) is 15.5 Å². The van der Waals surface area contributed by atoms with Gasteiger partial charge in [-0.2, -0.15) is 5.10 Å². The second-order valence-electron chi connectivity index (χ2n) is 10.8. The molecule has 0 spiro atoms. The molecule has 0 radical (unpaired) electrons. The third-order valence-corrected chi connectivity index (χ3v) is 8.25. The first-order valence-electron chi connectivity index (χ1n) is 13.7. The Bertz CT molecular complexity index is 1880. The van der Waals surface area contributed by atoms with E-state index in [9.17, 15) is 14.7 Å². The van der Waals surface area contributed by atoms with Gasteiger partial charge >= 0.3 is 5.97 Å². The first-order valence-corrected chi connectivity index (χ1v) is 13.7. The maximum Gasteiger partial charge on any atom is 0.307 e. The molecule has 42 heavy (non-hydrogen) atoms. The summed E-state index contributed by atoms with van der Waals surface area (Å²) in [4.78, 5) is 35.6. The van der Waals surface area contributed by atoms with E-state index in [1.807, 2.05) is 19.1 Å². The highest BCUT2D eigenvalue weighted by Crippen LogP contribution is 2.48. The van der Waals surface area contributed by atoms with Gasteiger partial charge in [0.25, 0.3) is 5.91 Å². The Kier molecular flexibility index (Phi) is 6.07. The van der Waals surface area contributed by atoms with Crippen molar-refractivity contribution in [1.29, 1.82) is 0 Å². The number of aliphatic carboxylic acids is 1. The lowest BCUT2D eigenvalue weighted by Gasteiger charge is -2.36. The predicted molar refractivity (Wildman–Crippen MR) is 150 cm³/mol. The largest absolute Gasteiger partial charge is 0.481 e. The summed E-state index contributed by atoms with van der Waals surface area (Å²) in [6, 6.07) is 20.0. The zero-order chi connectivity index (χ0) is 29.1. The van der Waals surface area contributed by atoms with Gasteiger partial charge in [-0.1, -0.05) is 36.4 Å². The summed E-state index contributed by atoms with van der Waals surface area (Å²) in [5, 5.41) is 13.9. The lowest BCUT2D eigenvalue weighted by molar-refractivity contribution is -0.138. The molecular weight excluding hydrogens is 540 g/mol. The lowest BCUT2D eigenvalue weighted by atomic mass is 9.92. The molecular formula is C32H25F2N5O3. The number of nitrogens with zero attached hydrogens (tertiary/aromatic N) is 5. The van der Waals surface area contributed by atoms with Crippen LogP contribution in [0.15, 0.2) is 79.0 Å². The van der Waals surface area contributed by atoms with E-state index < -0.39 is 29.8 Å². The van der Waals surface area contributed by atoms with Gasteiger partial charge in [0.05, 0.1) is 35.6 Å². The molecule has 3 aromatic heterocycles. The van der Waals surface area contributed by atoms with E-state index >= 15 is 8.78 Å². The van der Waals surface area contributed by atoms with Gasteiger partial charge in [0.2, 0.25) is 0 Å². The van der Waals surface area contributed by atoms with Gasteiger partial charge in [0.15, 0.2) is 5.65 Å². The van der Waals surface area contributed by atoms with Crippen LogP contribution in [0, 0.1) is 11.7 Å². The first kappa shape index (κ1) is 25.9. The van der Waals surface area contributed by atoms with Crippen LogP contribution in [0.3, 0.4) is 0 Å². The third-order valence-electron chi connectivity index (χ3n) is 8.25. The monoisotopic (exact) mass is 565 g/mol. The van der Waals surface area contributed by atoms with Crippen LogP contribution in [0.4, 0.5) is 8.78 Å². The summed E-state index contributed by atoms with van der Waals surface area (Å²) in [5.41, 5.74) is 3.88. The standard InChI is InChI=1S/C32H25F2N5O3/c1-17-19-6-2-3-7-20(19)25(34)16-38(17)31(40)28-14-29(26-8-4-5-11-35-26)39-30(36-28)15-27(37-39)21-10-9-18(12-24(21)33)22-13-23(22)32(41)42/h2-12,14-15,17,22-23,25H,13,16H2,1H3,(H,41,42)/t17-,22-,23+,25-/m1/s1. The number of benzene rings is 2. The van der Waals surface area contributed by atoms with Crippen molar-refractivity contribution in [3.05, 3.63) is 107 Å². The Labute approximate surface area is 239 Å². The van der Waals surface area contributed by atoms with Crippen LogP contribution in [0.1, 0.15) is 58.7 Å². The highest BCUT2D eigenvalue weighted by atomic mass is 19.1. The zero-order valence-corrected chi connectivity index (χ0v) is 22.5. The summed E-state index contributed by atoms with van der Waals surface area (Å²) < 4.78 is 32.0. The number of alkyl halides is 1. The van der Waals surface area contributed by atoms with Gasteiger partial charge < -0.3 is 10.0 Å². The minimum absolute atomic E-state index is 0.0947. The second-order valence-corrected chi connectivity index (χ2v) is 10.8. The molecule has 7 rings (SSSR count). The number of hydrogen-bond acceptors (Lipinski definition) is 5. The average Bonchev–Trinajstić information content (AvgIpc) is 3.71. The average molecular weight is 566 g/mol. The Morgan fingerprint density at radius 2 is 1.76 bits per heavy atom. The summed E-state index contributed by atoms with van der Waals surface area (Å²) in [5.74, 6) is -2.54. The SMILES string of the molecule is C[C@@H]1c2ccccc2[C@H](F)CN1C(=O)c1cc(-c2ccccn2)n2nc(-c3ccc([C@H]4C[C@@H]4C(=O)O)cc3F)cc2n1. The fourth-order valence-corrected chi connectivity index (χ4v) is 5.90. The van der Waals surface area contributed by atoms with E-state index in [-0.39, 0.29) is 29.8 Å². The number of hydrogen-bond donors (Lipinski definition) is 1. The summed E-state index contributed by atoms with van der Waals surface area (Å²) in [6.07, 6.45) is 0.779. The molecule has 0 saturated heterocycles. The number of carboxylic acids is 1. The minimum Gasteiger partial charge on any atom is -0.481 e. The molecule has 1 aliphatic carbocycles. The fourth-order valence-electron chi connectivity index (χ4n) is 5.90. The Hall–Kier alpha value is -4.99. The number of rotatable bonds is 5. The van der Waals surface area contributed by atoms with E-state index in [1.54, 1.807) is 60.8 Å². The maximum atomic E-state index is 15.3. The number of carbonyl (C=O) groups is 2. The molecule has 0 unspecified atom stereocenters. The molecule has 1 aliphatic heterocycles. The van der Waals surface area contributed by atoms with Crippen molar-refractivity contribution in [3.8, 4) is 22.6 Å².